The second-order valence-electron chi connectivity index (χ2n) is 4.72. The first kappa shape index (κ1) is 14.1. The van der Waals surface area contributed by atoms with Gasteiger partial charge in [0.1, 0.15) is 0 Å². The number of amides is 1. The Labute approximate surface area is 121 Å². The lowest BCUT2D eigenvalue weighted by Crippen LogP contribution is -2.60. The molecule has 0 saturated heterocycles. The van der Waals surface area contributed by atoms with Crippen molar-refractivity contribution in [2.24, 2.45) is 10.8 Å². The molecule has 7 heteroatoms. The van der Waals surface area contributed by atoms with E-state index in [2.05, 4.69) is 4.74 Å². The quantitative estimate of drug-likeness (QED) is 0.658. The summed E-state index contributed by atoms with van der Waals surface area (Å²) in [6.07, 6.45) is 2.08. The SMILES string of the molecule is COC(=O)N1C=C2C(C)=C[C@H]1C(C#N)(C#N)C2(C#N)C#N. The van der Waals surface area contributed by atoms with Crippen molar-refractivity contribution in [2.45, 2.75) is 13.0 Å². The molecule has 0 spiro atoms. The molecule has 0 saturated carbocycles. The molecular weight excluding hydrogens is 270 g/mol. The predicted molar refractivity (Wildman–Crippen MR) is 67.2 cm³/mol. The molecular formula is C14H9N5O2. The monoisotopic (exact) mass is 279 g/mol. The number of hydrogen-bond acceptors (Lipinski definition) is 6. The van der Waals surface area contributed by atoms with Gasteiger partial charge in [-0.1, -0.05) is 6.08 Å². The van der Waals surface area contributed by atoms with Crippen LogP contribution in [0.1, 0.15) is 6.92 Å². The average Bonchev–Trinajstić information content (AvgIpc) is 2.53. The summed E-state index contributed by atoms with van der Waals surface area (Å²) in [7, 11) is 1.17. The zero-order chi connectivity index (χ0) is 15.8. The zero-order valence-corrected chi connectivity index (χ0v) is 11.3. The van der Waals surface area contributed by atoms with Crippen LogP contribution in [-0.2, 0) is 4.74 Å². The molecule has 3 aliphatic rings. The molecule has 0 N–H and O–H groups in total. The molecule has 0 radical (unpaired) electrons. The van der Waals surface area contributed by atoms with E-state index in [9.17, 15) is 25.8 Å². The number of rotatable bonds is 0. The maximum absolute atomic E-state index is 11.8. The summed E-state index contributed by atoms with van der Waals surface area (Å²) in [6, 6.07) is 6.11. The molecule has 2 aliphatic heterocycles. The summed E-state index contributed by atoms with van der Waals surface area (Å²) in [6.45, 7) is 1.66. The number of carbonyl (C=O) groups excluding carboxylic acids is 1. The highest BCUT2D eigenvalue weighted by Gasteiger charge is 2.67. The highest BCUT2D eigenvalue weighted by molar-refractivity contribution is 5.74. The van der Waals surface area contributed by atoms with Crippen molar-refractivity contribution in [1.29, 1.82) is 21.0 Å². The van der Waals surface area contributed by atoms with Crippen molar-refractivity contribution in [3.63, 3.8) is 0 Å². The lowest BCUT2D eigenvalue weighted by Gasteiger charge is -2.49. The van der Waals surface area contributed by atoms with Gasteiger partial charge in [-0.15, -0.1) is 0 Å². The van der Waals surface area contributed by atoms with E-state index in [-0.39, 0.29) is 5.57 Å². The van der Waals surface area contributed by atoms with Gasteiger partial charge in [-0.25, -0.2) is 4.79 Å². The van der Waals surface area contributed by atoms with E-state index in [1.165, 1.54) is 19.4 Å². The van der Waals surface area contributed by atoms with Gasteiger partial charge in [-0.2, -0.15) is 21.0 Å². The van der Waals surface area contributed by atoms with Crippen molar-refractivity contribution in [2.75, 3.05) is 7.11 Å². The van der Waals surface area contributed by atoms with Gasteiger partial charge in [0, 0.05) is 11.8 Å². The molecule has 1 aliphatic carbocycles. The molecule has 21 heavy (non-hydrogen) atoms. The molecule has 0 aromatic heterocycles. The normalized spacial score (nSPS) is 23.5. The van der Waals surface area contributed by atoms with Crippen LogP contribution in [0.15, 0.2) is 23.4 Å². The number of ether oxygens (including phenoxy) is 1. The van der Waals surface area contributed by atoms with Crippen molar-refractivity contribution in [3.05, 3.63) is 23.4 Å². The van der Waals surface area contributed by atoms with Crippen LogP contribution in [-0.4, -0.2) is 24.1 Å². The minimum atomic E-state index is -2.01. The Kier molecular flexibility index (Phi) is 2.94. The van der Waals surface area contributed by atoms with E-state index in [0.29, 0.717) is 5.57 Å². The van der Waals surface area contributed by atoms with Gasteiger partial charge >= 0.3 is 6.09 Å². The van der Waals surface area contributed by atoms with Gasteiger partial charge in [-0.05, 0) is 12.5 Å². The fraction of sp³-hybridized carbons (Fsp3) is 0.357. The highest BCUT2D eigenvalue weighted by Crippen LogP contribution is 2.57. The molecule has 102 valence electrons. The van der Waals surface area contributed by atoms with E-state index in [0.717, 1.165) is 4.90 Å². The molecule has 0 aromatic carbocycles. The Balaban J connectivity index is 2.86. The number of fused-ring (bicyclic) bond motifs is 2. The Bertz CT molecular complexity index is 722. The number of nitriles is 4. The third-order valence-electron chi connectivity index (χ3n) is 3.91. The van der Waals surface area contributed by atoms with Crippen LogP contribution >= 0.6 is 0 Å². The minimum Gasteiger partial charge on any atom is -0.452 e. The second-order valence-corrected chi connectivity index (χ2v) is 4.72. The lowest BCUT2D eigenvalue weighted by molar-refractivity contribution is 0.0951. The van der Waals surface area contributed by atoms with Gasteiger partial charge in [-0.3, -0.25) is 4.90 Å². The Hall–Kier alpha value is -3.29. The van der Waals surface area contributed by atoms with Gasteiger partial charge in [0.05, 0.1) is 37.4 Å². The van der Waals surface area contributed by atoms with Gasteiger partial charge in [0.25, 0.3) is 0 Å². The van der Waals surface area contributed by atoms with Crippen molar-refractivity contribution in [1.82, 2.24) is 4.90 Å². The molecule has 0 unspecified atom stereocenters. The van der Waals surface area contributed by atoms with Crippen LogP contribution in [0.4, 0.5) is 4.79 Å². The largest absolute Gasteiger partial charge is 0.452 e. The van der Waals surface area contributed by atoms with E-state index < -0.39 is 23.0 Å². The number of allylic oxidation sites excluding steroid dienone is 2. The van der Waals surface area contributed by atoms with E-state index >= 15 is 0 Å². The van der Waals surface area contributed by atoms with Crippen molar-refractivity contribution < 1.29 is 9.53 Å². The maximum atomic E-state index is 11.8. The predicted octanol–water partition coefficient (Wildman–Crippen LogP) is 1.35. The fourth-order valence-electron chi connectivity index (χ4n) is 2.81. The summed E-state index contributed by atoms with van der Waals surface area (Å²) in [4.78, 5) is 12.9. The smallest absolute Gasteiger partial charge is 0.414 e. The molecule has 7 nitrogen and oxygen atoms in total. The molecule has 0 aromatic rings. The number of methoxy groups -OCH3 is 1. The molecule has 2 heterocycles. The first-order valence-electron chi connectivity index (χ1n) is 5.90. The minimum absolute atomic E-state index is 0.170. The number of nitrogens with zero attached hydrogens (tertiary/aromatic N) is 5. The van der Waals surface area contributed by atoms with E-state index in [4.69, 9.17) is 0 Å². The lowest BCUT2D eigenvalue weighted by atomic mass is 9.53. The van der Waals surface area contributed by atoms with Gasteiger partial charge in [0.15, 0.2) is 0 Å². The highest BCUT2D eigenvalue weighted by atomic mass is 16.5. The summed E-state index contributed by atoms with van der Waals surface area (Å²) in [5.41, 5.74) is -3.19. The Morgan fingerprint density at radius 2 is 1.81 bits per heavy atom. The molecule has 0 fully saturated rings. The fourth-order valence-corrected chi connectivity index (χ4v) is 2.81. The standard InChI is InChI=1S/C14H9N5O2/c1-9-3-11-14(7-17,8-18)13(5-15,6-16)10(9)4-19(11)12(20)21-2/h3-4,11H,1-2H3/t11-/m0/s1. The average molecular weight is 279 g/mol. The molecule has 3 rings (SSSR count). The Morgan fingerprint density at radius 3 is 2.24 bits per heavy atom. The maximum Gasteiger partial charge on any atom is 0.414 e. The van der Waals surface area contributed by atoms with Crippen molar-refractivity contribution in [3.8, 4) is 24.3 Å². The van der Waals surface area contributed by atoms with Crippen LogP contribution in [0.5, 0.6) is 0 Å². The molecule has 2 bridgehead atoms. The number of carbonyl (C=O) groups is 1. The first-order valence-corrected chi connectivity index (χ1v) is 5.90. The van der Waals surface area contributed by atoms with Gasteiger partial charge in [0.2, 0.25) is 10.8 Å². The topological polar surface area (TPSA) is 125 Å². The second kappa shape index (κ2) is 4.37. The zero-order valence-electron chi connectivity index (χ0n) is 11.3. The summed E-state index contributed by atoms with van der Waals surface area (Å²) in [5.74, 6) is 0. The first-order chi connectivity index (χ1) is 9.97. The number of hydrogen-bond donors (Lipinski definition) is 0. The summed E-state index contributed by atoms with van der Waals surface area (Å²) >= 11 is 0. The van der Waals surface area contributed by atoms with E-state index in [1.807, 2.05) is 0 Å². The third kappa shape index (κ3) is 1.35. The van der Waals surface area contributed by atoms with Gasteiger partial charge < -0.3 is 4.74 Å². The van der Waals surface area contributed by atoms with E-state index in [1.54, 1.807) is 31.2 Å². The summed E-state index contributed by atoms with van der Waals surface area (Å²) < 4.78 is 4.62. The molecule has 1 atom stereocenters. The third-order valence-corrected chi connectivity index (χ3v) is 3.91. The van der Waals surface area contributed by atoms with Crippen LogP contribution in [0.3, 0.4) is 0 Å². The van der Waals surface area contributed by atoms with Crippen LogP contribution in [0.2, 0.25) is 0 Å². The summed E-state index contributed by atoms with van der Waals surface area (Å²) in [5, 5.41) is 38.0. The Morgan fingerprint density at radius 1 is 1.24 bits per heavy atom. The van der Waals surface area contributed by atoms with Crippen LogP contribution in [0, 0.1) is 56.2 Å². The van der Waals surface area contributed by atoms with Crippen molar-refractivity contribution >= 4 is 6.09 Å². The van der Waals surface area contributed by atoms with Crippen LogP contribution < -0.4 is 0 Å². The van der Waals surface area contributed by atoms with Crippen LogP contribution in [0.25, 0.3) is 0 Å². The molecule has 1 amide bonds.